The average molecular weight is 330 g/mol. The lowest BCUT2D eigenvalue weighted by Gasteiger charge is -2.38. The number of rotatable bonds is 8. The van der Waals surface area contributed by atoms with Crippen LogP contribution >= 0.6 is 0 Å². The fourth-order valence-corrected chi connectivity index (χ4v) is 1.84. The van der Waals surface area contributed by atoms with Crippen LogP contribution in [0.15, 0.2) is 0 Å². The third kappa shape index (κ3) is 7.34. The minimum atomic E-state index is -0.967. The summed E-state index contributed by atoms with van der Waals surface area (Å²) in [6, 6.07) is -0.270. The Hall–Kier alpha value is -2.52. The van der Waals surface area contributed by atoms with Gasteiger partial charge in [-0.05, 0) is 6.42 Å². The SMILES string of the molecule is CNC(=O)OC1CN(C(=O)NCCCC(=O)NCCC(=O)O)C1. The van der Waals surface area contributed by atoms with Crippen molar-refractivity contribution in [2.75, 3.05) is 33.2 Å². The minimum Gasteiger partial charge on any atom is -0.481 e. The number of urea groups is 1. The standard InChI is InChI=1S/C13H22N4O6/c1-14-13(22)23-9-7-17(8-9)12(21)16-5-2-3-10(18)15-6-4-11(19)20/h9H,2-8H2,1H3,(H,14,22)(H,15,18)(H,16,21)(H,19,20). The Labute approximate surface area is 133 Å². The number of hydrogen-bond donors (Lipinski definition) is 4. The summed E-state index contributed by atoms with van der Waals surface area (Å²) in [5.41, 5.74) is 0. The van der Waals surface area contributed by atoms with Crippen molar-refractivity contribution in [3.05, 3.63) is 0 Å². The van der Waals surface area contributed by atoms with Crippen LogP contribution in [0.2, 0.25) is 0 Å². The minimum absolute atomic E-state index is 0.0982. The zero-order valence-electron chi connectivity index (χ0n) is 13.0. The van der Waals surface area contributed by atoms with Crippen molar-refractivity contribution in [1.82, 2.24) is 20.9 Å². The van der Waals surface area contributed by atoms with Gasteiger partial charge in [-0.15, -0.1) is 0 Å². The number of ether oxygens (including phenoxy) is 1. The maximum Gasteiger partial charge on any atom is 0.407 e. The van der Waals surface area contributed by atoms with Crippen LogP contribution in [-0.4, -0.2) is 73.3 Å². The fraction of sp³-hybridized carbons (Fsp3) is 0.692. The summed E-state index contributed by atoms with van der Waals surface area (Å²) in [7, 11) is 1.46. The van der Waals surface area contributed by atoms with E-state index >= 15 is 0 Å². The van der Waals surface area contributed by atoms with Gasteiger partial charge in [0.1, 0.15) is 6.10 Å². The van der Waals surface area contributed by atoms with Gasteiger partial charge in [0.15, 0.2) is 0 Å². The molecule has 0 aromatic rings. The molecule has 0 saturated carbocycles. The molecule has 1 aliphatic rings. The van der Waals surface area contributed by atoms with Crippen molar-refractivity contribution in [2.24, 2.45) is 0 Å². The largest absolute Gasteiger partial charge is 0.481 e. The zero-order chi connectivity index (χ0) is 17.2. The van der Waals surface area contributed by atoms with Crippen molar-refractivity contribution in [1.29, 1.82) is 0 Å². The molecule has 1 rings (SSSR count). The highest BCUT2D eigenvalue weighted by Gasteiger charge is 2.33. The zero-order valence-corrected chi connectivity index (χ0v) is 13.0. The predicted octanol–water partition coefficient (Wildman–Crippen LogP) is -0.893. The molecule has 0 radical (unpaired) electrons. The molecule has 0 unspecified atom stereocenters. The van der Waals surface area contributed by atoms with E-state index in [1.54, 1.807) is 0 Å². The van der Waals surface area contributed by atoms with Gasteiger partial charge in [0.05, 0.1) is 19.5 Å². The third-order valence-electron chi connectivity index (χ3n) is 3.13. The van der Waals surface area contributed by atoms with Gasteiger partial charge in [-0.25, -0.2) is 9.59 Å². The first-order chi connectivity index (χ1) is 10.9. The maximum absolute atomic E-state index is 11.7. The number of carboxylic acid groups (broad SMARTS) is 1. The Bertz CT molecular complexity index is 450. The first kappa shape index (κ1) is 18.5. The normalized spacial score (nSPS) is 13.7. The van der Waals surface area contributed by atoms with Gasteiger partial charge in [0, 0.05) is 26.6 Å². The highest BCUT2D eigenvalue weighted by molar-refractivity contribution is 5.77. The van der Waals surface area contributed by atoms with E-state index in [0.29, 0.717) is 26.1 Å². The summed E-state index contributed by atoms with van der Waals surface area (Å²) < 4.78 is 4.96. The second kappa shape index (κ2) is 9.49. The molecule has 10 heteroatoms. The lowest BCUT2D eigenvalue weighted by molar-refractivity contribution is -0.136. The average Bonchev–Trinajstić information content (AvgIpc) is 2.46. The number of nitrogens with zero attached hydrogens (tertiary/aromatic N) is 1. The molecule has 1 aliphatic heterocycles. The number of aliphatic carboxylic acids is 1. The fourth-order valence-electron chi connectivity index (χ4n) is 1.84. The molecule has 130 valence electrons. The van der Waals surface area contributed by atoms with E-state index in [0.717, 1.165) is 0 Å². The second-order valence-corrected chi connectivity index (χ2v) is 5.01. The number of hydrogen-bond acceptors (Lipinski definition) is 5. The molecule has 1 heterocycles. The van der Waals surface area contributed by atoms with Crippen LogP contribution in [0.3, 0.4) is 0 Å². The number of carbonyl (C=O) groups is 4. The van der Waals surface area contributed by atoms with Gasteiger partial charge < -0.3 is 30.7 Å². The molecule has 10 nitrogen and oxygen atoms in total. The molecule has 0 bridgehead atoms. The summed E-state index contributed by atoms with van der Waals surface area (Å²) in [6.07, 6.45) is -0.264. The first-order valence-electron chi connectivity index (χ1n) is 7.32. The first-order valence-corrected chi connectivity index (χ1v) is 7.32. The van der Waals surface area contributed by atoms with Gasteiger partial charge >= 0.3 is 18.1 Å². The highest BCUT2D eigenvalue weighted by Crippen LogP contribution is 2.11. The van der Waals surface area contributed by atoms with E-state index in [2.05, 4.69) is 16.0 Å². The number of nitrogens with one attached hydrogen (secondary N) is 3. The van der Waals surface area contributed by atoms with Crippen molar-refractivity contribution < 1.29 is 29.0 Å². The van der Waals surface area contributed by atoms with Gasteiger partial charge in [-0.2, -0.15) is 0 Å². The van der Waals surface area contributed by atoms with E-state index in [1.807, 2.05) is 0 Å². The molecular weight excluding hydrogens is 308 g/mol. The van der Waals surface area contributed by atoms with Crippen LogP contribution in [0.1, 0.15) is 19.3 Å². The monoisotopic (exact) mass is 330 g/mol. The van der Waals surface area contributed by atoms with Crippen LogP contribution in [0.25, 0.3) is 0 Å². The van der Waals surface area contributed by atoms with Crippen molar-refractivity contribution in [2.45, 2.75) is 25.4 Å². The molecule has 0 aromatic heterocycles. The second-order valence-electron chi connectivity index (χ2n) is 5.01. The van der Waals surface area contributed by atoms with Crippen LogP contribution in [0, 0.1) is 0 Å². The van der Waals surface area contributed by atoms with E-state index in [9.17, 15) is 19.2 Å². The lowest BCUT2D eigenvalue weighted by atomic mass is 10.2. The molecule has 1 fully saturated rings. The van der Waals surface area contributed by atoms with Crippen LogP contribution in [0.5, 0.6) is 0 Å². The molecule has 1 saturated heterocycles. The van der Waals surface area contributed by atoms with Crippen LogP contribution in [-0.2, 0) is 14.3 Å². The number of alkyl carbamates (subject to hydrolysis) is 1. The van der Waals surface area contributed by atoms with E-state index in [-0.39, 0.29) is 37.4 Å². The third-order valence-corrected chi connectivity index (χ3v) is 3.13. The molecule has 23 heavy (non-hydrogen) atoms. The van der Waals surface area contributed by atoms with Crippen molar-refractivity contribution in [3.63, 3.8) is 0 Å². The van der Waals surface area contributed by atoms with Crippen LogP contribution < -0.4 is 16.0 Å². The van der Waals surface area contributed by atoms with E-state index < -0.39 is 12.1 Å². The number of carbonyl (C=O) groups excluding carboxylic acids is 3. The van der Waals surface area contributed by atoms with E-state index in [1.165, 1.54) is 11.9 Å². The smallest absolute Gasteiger partial charge is 0.407 e. The highest BCUT2D eigenvalue weighted by atomic mass is 16.6. The molecule has 0 spiro atoms. The number of amides is 4. The summed E-state index contributed by atoms with van der Waals surface area (Å²) >= 11 is 0. The Kier molecular flexibility index (Phi) is 7.64. The topological polar surface area (TPSA) is 137 Å². The summed E-state index contributed by atoms with van der Waals surface area (Å²) in [6.45, 7) is 1.12. The summed E-state index contributed by atoms with van der Waals surface area (Å²) in [4.78, 5) is 45.8. The van der Waals surface area contributed by atoms with Gasteiger partial charge in [-0.1, -0.05) is 0 Å². The van der Waals surface area contributed by atoms with Gasteiger partial charge in [0.2, 0.25) is 5.91 Å². The molecule has 0 atom stereocenters. The number of likely N-dealkylation sites (tertiary alicyclic amines) is 1. The van der Waals surface area contributed by atoms with Crippen molar-refractivity contribution >= 4 is 24.0 Å². The van der Waals surface area contributed by atoms with Crippen molar-refractivity contribution in [3.8, 4) is 0 Å². The molecule has 0 aromatic carbocycles. The van der Waals surface area contributed by atoms with Crippen LogP contribution in [0.4, 0.5) is 9.59 Å². The Balaban J connectivity index is 2.02. The Morgan fingerprint density at radius 2 is 1.83 bits per heavy atom. The quantitative estimate of drug-likeness (QED) is 0.426. The molecular formula is C13H22N4O6. The van der Waals surface area contributed by atoms with Gasteiger partial charge in [-0.3, -0.25) is 9.59 Å². The molecule has 0 aliphatic carbocycles. The molecule has 4 N–H and O–H groups in total. The van der Waals surface area contributed by atoms with E-state index in [4.69, 9.17) is 9.84 Å². The Morgan fingerprint density at radius 3 is 2.43 bits per heavy atom. The number of carboxylic acids is 1. The Morgan fingerprint density at radius 1 is 1.13 bits per heavy atom. The predicted molar refractivity (Wildman–Crippen MR) is 78.8 cm³/mol. The summed E-state index contributed by atoms with van der Waals surface area (Å²) in [5.74, 6) is -1.21. The maximum atomic E-state index is 11.7. The summed E-state index contributed by atoms with van der Waals surface area (Å²) in [5, 5.41) is 15.9. The van der Waals surface area contributed by atoms with Gasteiger partial charge in [0.25, 0.3) is 0 Å². The molecule has 4 amide bonds. The lowest BCUT2D eigenvalue weighted by Crippen LogP contribution is -2.58.